The fraction of sp³-hybridized carbons (Fsp3) is 1.00. The Hall–Kier alpha value is -0.370. The minimum Gasteiger partial charge on any atom is -0.380 e. The van der Waals surface area contributed by atoms with Gasteiger partial charge in [-0.05, 0) is 6.92 Å². The van der Waals surface area contributed by atoms with Gasteiger partial charge in [-0.1, -0.05) is 0 Å². The van der Waals surface area contributed by atoms with Gasteiger partial charge in [0.2, 0.25) is 0 Å². The van der Waals surface area contributed by atoms with Gasteiger partial charge in [0.05, 0.1) is 13.2 Å². The van der Waals surface area contributed by atoms with E-state index in [4.69, 9.17) is 4.74 Å². The summed E-state index contributed by atoms with van der Waals surface area (Å²) in [5, 5.41) is 3.26. The molecule has 1 fully saturated rings. The highest BCUT2D eigenvalue weighted by Gasteiger charge is 2.31. The molecule has 0 aliphatic carbocycles. The molecule has 0 atom stereocenters. The molecular weight excluding hydrogens is 259 g/mol. The quantitative estimate of drug-likeness (QED) is 0.667. The van der Waals surface area contributed by atoms with Gasteiger partial charge >= 0.3 is 6.18 Å². The molecule has 0 aromatic heterocycles. The third-order valence-electron chi connectivity index (χ3n) is 3.10. The minimum atomic E-state index is -4.08. The molecule has 0 amide bonds. The number of ether oxygens (including phenoxy) is 1. The van der Waals surface area contributed by atoms with E-state index in [9.17, 15) is 13.2 Å². The fourth-order valence-corrected chi connectivity index (χ4v) is 2.08. The summed E-state index contributed by atoms with van der Waals surface area (Å²) in [6.45, 7) is 7.58. The van der Waals surface area contributed by atoms with Gasteiger partial charge in [0.15, 0.2) is 0 Å². The number of nitrogens with zero attached hydrogens (tertiary/aromatic N) is 2. The number of hydrogen-bond acceptors (Lipinski definition) is 4. The van der Waals surface area contributed by atoms with Crippen molar-refractivity contribution in [2.24, 2.45) is 0 Å². The second-order valence-electron chi connectivity index (χ2n) is 4.68. The predicted octanol–water partition coefficient (Wildman–Crippen LogP) is 0.792. The van der Waals surface area contributed by atoms with Crippen LogP contribution in [0.5, 0.6) is 0 Å². The van der Waals surface area contributed by atoms with E-state index in [0.29, 0.717) is 32.8 Å². The van der Waals surface area contributed by atoms with Crippen molar-refractivity contribution in [3.05, 3.63) is 0 Å². The zero-order chi connectivity index (χ0) is 14.1. The zero-order valence-electron chi connectivity index (χ0n) is 11.5. The van der Waals surface area contributed by atoms with E-state index < -0.39 is 12.7 Å². The smallest absolute Gasteiger partial charge is 0.380 e. The van der Waals surface area contributed by atoms with Crippen molar-refractivity contribution in [2.45, 2.75) is 13.1 Å². The van der Waals surface area contributed by atoms with Crippen LogP contribution in [-0.2, 0) is 4.74 Å². The van der Waals surface area contributed by atoms with Crippen molar-refractivity contribution in [3.8, 4) is 0 Å². The molecule has 1 saturated heterocycles. The van der Waals surface area contributed by atoms with Crippen LogP contribution >= 0.6 is 0 Å². The second kappa shape index (κ2) is 8.73. The standard InChI is InChI=1S/C12H24F3N3O/c1-2-19-10-4-16-3-5-17-6-8-18(9-7-17)11-12(13,14)15/h16H,2-11H2,1H3. The number of hydrogen-bond donors (Lipinski definition) is 1. The highest BCUT2D eigenvalue weighted by atomic mass is 19.4. The first kappa shape index (κ1) is 16.7. The van der Waals surface area contributed by atoms with Crippen molar-refractivity contribution >= 4 is 0 Å². The largest absolute Gasteiger partial charge is 0.401 e. The fourth-order valence-electron chi connectivity index (χ4n) is 2.08. The van der Waals surface area contributed by atoms with Crippen LogP contribution in [0, 0.1) is 0 Å². The molecule has 0 aromatic rings. The van der Waals surface area contributed by atoms with Gasteiger partial charge in [-0.15, -0.1) is 0 Å². The molecule has 1 aliphatic rings. The van der Waals surface area contributed by atoms with E-state index in [1.165, 1.54) is 4.90 Å². The number of rotatable bonds is 8. The van der Waals surface area contributed by atoms with Crippen molar-refractivity contribution in [3.63, 3.8) is 0 Å². The topological polar surface area (TPSA) is 27.7 Å². The van der Waals surface area contributed by atoms with Gasteiger partial charge < -0.3 is 10.1 Å². The van der Waals surface area contributed by atoms with Crippen LogP contribution in [0.25, 0.3) is 0 Å². The number of piperazine rings is 1. The lowest BCUT2D eigenvalue weighted by atomic mass is 10.3. The third-order valence-corrected chi connectivity index (χ3v) is 3.10. The van der Waals surface area contributed by atoms with E-state index in [1.807, 2.05) is 6.92 Å². The molecule has 7 heteroatoms. The van der Waals surface area contributed by atoms with Gasteiger partial charge in [-0.2, -0.15) is 13.2 Å². The summed E-state index contributed by atoms with van der Waals surface area (Å²) in [4.78, 5) is 3.67. The maximum Gasteiger partial charge on any atom is 0.401 e. The van der Waals surface area contributed by atoms with E-state index >= 15 is 0 Å². The summed E-state index contributed by atoms with van der Waals surface area (Å²) < 4.78 is 41.8. The summed E-state index contributed by atoms with van der Waals surface area (Å²) in [7, 11) is 0. The second-order valence-corrected chi connectivity index (χ2v) is 4.68. The summed E-state index contributed by atoms with van der Waals surface area (Å²) >= 11 is 0. The Morgan fingerprint density at radius 2 is 1.68 bits per heavy atom. The molecule has 0 spiro atoms. The molecular formula is C12H24F3N3O. The molecule has 19 heavy (non-hydrogen) atoms. The highest BCUT2D eigenvalue weighted by Crippen LogP contribution is 2.17. The molecule has 0 bridgehead atoms. The van der Waals surface area contributed by atoms with Gasteiger partial charge in [0.25, 0.3) is 0 Å². The maximum atomic E-state index is 12.2. The SMILES string of the molecule is CCOCCNCCN1CCN(CC(F)(F)F)CC1. The summed E-state index contributed by atoms with van der Waals surface area (Å²) in [5.41, 5.74) is 0. The Balaban J connectivity index is 2.01. The first-order valence-electron chi connectivity index (χ1n) is 6.81. The van der Waals surface area contributed by atoms with E-state index in [1.54, 1.807) is 0 Å². The number of nitrogens with one attached hydrogen (secondary N) is 1. The van der Waals surface area contributed by atoms with Crippen LogP contribution in [0.15, 0.2) is 0 Å². The molecule has 0 aromatic carbocycles. The van der Waals surface area contributed by atoms with Gasteiger partial charge in [0.1, 0.15) is 0 Å². The Kier molecular flexibility index (Phi) is 7.67. The summed E-state index contributed by atoms with van der Waals surface area (Å²) in [5.74, 6) is 0. The Morgan fingerprint density at radius 3 is 2.26 bits per heavy atom. The molecule has 1 aliphatic heterocycles. The Morgan fingerprint density at radius 1 is 1.05 bits per heavy atom. The number of halogens is 3. The molecule has 0 radical (unpaired) electrons. The number of alkyl halides is 3. The molecule has 1 N–H and O–H groups in total. The zero-order valence-corrected chi connectivity index (χ0v) is 11.5. The Bertz CT molecular complexity index is 231. The first-order valence-corrected chi connectivity index (χ1v) is 6.81. The normalized spacial score (nSPS) is 18.9. The van der Waals surface area contributed by atoms with Crippen molar-refractivity contribution in [1.29, 1.82) is 0 Å². The average molecular weight is 283 g/mol. The summed E-state index contributed by atoms with van der Waals surface area (Å²) in [6, 6.07) is 0. The van der Waals surface area contributed by atoms with E-state index in [2.05, 4.69) is 10.2 Å². The Labute approximate surface area is 112 Å². The molecule has 1 rings (SSSR count). The van der Waals surface area contributed by atoms with Crippen LogP contribution in [0.4, 0.5) is 13.2 Å². The van der Waals surface area contributed by atoms with Crippen LogP contribution in [0.3, 0.4) is 0 Å². The van der Waals surface area contributed by atoms with Crippen LogP contribution in [0.1, 0.15) is 6.92 Å². The molecule has 0 unspecified atom stereocenters. The third kappa shape index (κ3) is 8.41. The molecule has 4 nitrogen and oxygen atoms in total. The van der Waals surface area contributed by atoms with Crippen molar-refractivity contribution in [2.75, 3.05) is 65.6 Å². The van der Waals surface area contributed by atoms with Crippen molar-refractivity contribution in [1.82, 2.24) is 15.1 Å². The first-order chi connectivity index (χ1) is 9.01. The lowest BCUT2D eigenvalue weighted by Gasteiger charge is -2.34. The lowest BCUT2D eigenvalue weighted by molar-refractivity contribution is -0.149. The van der Waals surface area contributed by atoms with E-state index in [0.717, 1.165) is 26.2 Å². The predicted molar refractivity (Wildman–Crippen MR) is 68.3 cm³/mol. The van der Waals surface area contributed by atoms with Crippen LogP contribution < -0.4 is 5.32 Å². The van der Waals surface area contributed by atoms with Gasteiger partial charge in [-0.25, -0.2) is 0 Å². The lowest BCUT2D eigenvalue weighted by Crippen LogP contribution is -2.50. The molecule has 1 heterocycles. The maximum absolute atomic E-state index is 12.2. The summed E-state index contributed by atoms with van der Waals surface area (Å²) in [6.07, 6.45) is -4.08. The monoisotopic (exact) mass is 283 g/mol. The molecule has 114 valence electrons. The van der Waals surface area contributed by atoms with Gasteiger partial charge in [-0.3, -0.25) is 9.80 Å². The molecule has 0 saturated carbocycles. The highest BCUT2D eigenvalue weighted by molar-refractivity contribution is 4.74. The van der Waals surface area contributed by atoms with E-state index in [-0.39, 0.29) is 0 Å². The minimum absolute atomic E-state index is 0.498. The average Bonchev–Trinajstić information content (AvgIpc) is 2.34. The van der Waals surface area contributed by atoms with Crippen LogP contribution in [0.2, 0.25) is 0 Å². The van der Waals surface area contributed by atoms with Crippen LogP contribution in [-0.4, -0.2) is 81.5 Å². The van der Waals surface area contributed by atoms with Crippen molar-refractivity contribution < 1.29 is 17.9 Å². The van der Waals surface area contributed by atoms with Gasteiger partial charge in [0, 0.05) is 52.4 Å².